The Kier molecular flexibility index (Phi) is 6.36. The third-order valence-electron chi connectivity index (χ3n) is 4.48. The zero-order valence-corrected chi connectivity index (χ0v) is 17.0. The zero-order valence-electron chi connectivity index (χ0n) is 16.1. The van der Waals surface area contributed by atoms with Crippen LogP contribution in [0, 0.1) is 5.92 Å². The molecule has 1 unspecified atom stereocenters. The Labute approximate surface area is 174 Å². The van der Waals surface area contributed by atoms with Gasteiger partial charge in [0.05, 0.1) is 0 Å². The predicted molar refractivity (Wildman–Crippen MR) is 111 cm³/mol. The van der Waals surface area contributed by atoms with E-state index in [1.165, 1.54) is 0 Å². The molecule has 2 aromatic carbocycles. The second-order valence-corrected chi connectivity index (χ2v) is 6.85. The van der Waals surface area contributed by atoms with Crippen LogP contribution in [0.2, 0.25) is 0 Å². The standard InChI is InChI=1S/C20H21N7O.ClH/c1-13(2)17(27-24-19(23-26-27)15-6-4-3-5-7-15)20-22-18(25-28-20)16-10-8-14(12-21)9-11-16;/h3-11,13,17H,12,21H2,1-2H3;1H. The van der Waals surface area contributed by atoms with Crippen LogP contribution < -0.4 is 5.73 Å². The zero-order chi connectivity index (χ0) is 19.5. The lowest BCUT2D eigenvalue weighted by Gasteiger charge is -2.14. The third-order valence-corrected chi connectivity index (χ3v) is 4.48. The summed E-state index contributed by atoms with van der Waals surface area (Å²) in [5.74, 6) is 1.66. The summed E-state index contributed by atoms with van der Waals surface area (Å²) in [7, 11) is 0. The fourth-order valence-electron chi connectivity index (χ4n) is 2.96. The quantitative estimate of drug-likeness (QED) is 0.517. The summed E-state index contributed by atoms with van der Waals surface area (Å²) in [5.41, 5.74) is 8.47. The van der Waals surface area contributed by atoms with Gasteiger partial charge in [-0.05, 0) is 16.7 Å². The van der Waals surface area contributed by atoms with Crippen molar-refractivity contribution in [1.82, 2.24) is 30.3 Å². The van der Waals surface area contributed by atoms with Gasteiger partial charge in [-0.3, -0.25) is 0 Å². The first-order valence-corrected chi connectivity index (χ1v) is 9.13. The van der Waals surface area contributed by atoms with Gasteiger partial charge in [0.15, 0.2) is 6.04 Å². The second kappa shape index (κ2) is 8.93. The molecule has 8 nitrogen and oxygen atoms in total. The topological polar surface area (TPSA) is 109 Å². The van der Waals surface area contributed by atoms with Gasteiger partial charge in [-0.1, -0.05) is 73.6 Å². The summed E-state index contributed by atoms with van der Waals surface area (Å²) in [5, 5.41) is 17.1. The molecule has 0 aliphatic heterocycles. The van der Waals surface area contributed by atoms with E-state index in [9.17, 15) is 0 Å². The average Bonchev–Trinajstić information content (AvgIpc) is 3.39. The van der Waals surface area contributed by atoms with Crippen molar-refractivity contribution in [2.24, 2.45) is 11.7 Å². The summed E-state index contributed by atoms with van der Waals surface area (Å²) in [6.07, 6.45) is 0. The van der Waals surface area contributed by atoms with E-state index in [1.54, 1.807) is 4.80 Å². The van der Waals surface area contributed by atoms with Crippen LogP contribution in [0.3, 0.4) is 0 Å². The van der Waals surface area contributed by atoms with Crippen molar-refractivity contribution < 1.29 is 4.52 Å². The van der Waals surface area contributed by atoms with E-state index in [0.29, 0.717) is 24.1 Å². The van der Waals surface area contributed by atoms with Gasteiger partial charge in [0.25, 0.3) is 5.89 Å². The Hall–Kier alpha value is -3.10. The van der Waals surface area contributed by atoms with Crippen LogP contribution >= 0.6 is 12.4 Å². The van der Waals surface area contributed by atoms with Crippen LogP contribution in [-0.2, 0) is 6.54 Å². The summed E-state index contributed by atoms with van der Waals surface area (Å²) >= 11 is 0. The van der Waals surface area contributed by atoms with Gasteiger partial charge >= 0.3 is 0 Å². The van der Waals surface area contributed by atoms with Crippen molar-refractivity contribution >= 4 is 12.4 Å². The van der Waals surface area contributed by atoms with Gasteiger partial charge in [0.2, 0.25) is 11.6 Å². The number of nitrogens with zero attached hydrogens (tertiary/aromatic N) is 6. The molecule has 0 spiro atoms. The molecule has 29 heavy (non-hydrogen) atoms. The van der Waals surface area contributed by atoms with Crippen molar-refractivity contribution in [1.29, 1.82) is 0 Å². The third kappa shape index (κ3) is 4.33. The smallest absolute Gasteiger partial charge is 0.254 e. The number of halogens is 1. The highest BCUT2D eigenvalue weighted by Gasteiger charge is 2.27. The highest BCUT2D eigenvalue weighted by Crippen LogP contribution is 2.27. The van der Waals surface area contributed by atoms with Crippen LogP contribution in [0.4, 0.5) is 0 Å². The van der Waals surface area contributed by atoms with Crippen LogP contribution in [-0.4, -0.2) is 30.3 Å². The molecule has 1 atom stereocenters. The number of rotatable bonds is 6. The van der Waals surface area contributed by atoms with Gasteiger partial charge in [0.1, 0.15) is 0 Å². The maximum Gasteiger partial charge on any atom is 0.254 e. The molecule has 0 saturated heterocycles. The summed E-state index contributed by atoms with van der Waals surface area (Å²) < 4.78 is 5.55. The Bertz CT molecular complexity index is 1040. The van der Waals surface area contributed by atoms with Crippen molar-refractivity contribution in [3.63, 3.8) is 0 Å². The molecule has 0 amide bonds. The molecule has 0 fully saturated rings. The van der Waals surface area contributed by atoms with Gasteiger partial charge in [-0.15, -0.1) is 22.6 Å². The van der Waals surface area contributed by atoms with Crippen LogP contribution in [0.15, 0.2) is 59.1 Å². The lowest BCUT2D eigenvalue weighted by molar-refractivity contribution is 0.264. The number of hydrogen-bond acceptors (Lipinski definition) is 7. The summed E-state index contributed by atoms with van der Waals surface area (Å²) in [4.78, 5) is 6.12. The molecule has 0 bridgehead atoms. The lowest BCUT2D eigenvalue weighted by Crippen LogP contribution is -2.20. The Balaban J connectivity index is 0.00000240. The minimum absolute atomic E-state index is 0. The van der Waals surface area contributed by atoms with E-state index < -0.39 is 0 Å². The Morgan fingerprint density at radius 2 is 1.66 bits per heavy atom. The largest absolute Gasteiger partial charge is 0.336 e. The highest BCUT2D eigenvalue weighted by atomic mass is 35.5. The normalized spacial score (nSPS) is 12.0. The number of hydrogen-bond donors (Lipinski definition) is 1. The van der Waals surface area contributed by atoms with Crippen LogP contribution in [0.5, 0.6) is 0 Å². The number of tetrazole rings is 1. The first-order valence-electron chi connectivity index (χ1n) is 9.13. The molecular formula is C20H22ClN7O. The second-order valence-electron chi connectivity index (χ2n) is 6.85. The monoisotopic (exact) mass is 411 g/mol. The Morgan fingerprint density at radius 1 is 0.966 bits per heavy atom. The van der Waals surface area contributed by atoms with E-state index in [4.69, 9.17) is 10.3 Å². The van der Waals surface area contributed by atoms with Gasteiger partial charge in [0, 0.05) is 17.7 Å². The molecule has 9 heteroatoms. The average molecular weight is 412 g/mol. The molecule has 2 heterocycles. The predicted octanol–water partition coefficient (Wildman–Crippen LogP) is 3.52. The van der Waals surface area contributed by atoms with E-state index >= 15 is 0 Å². The van der Waals surface area contributed by atoms with Crippen LogP contribution in [0.25, 0.3) is 22.8 Å². The van der Waals surface area contributed by atoms with Gasteiger partial charge in [-0.25, -0.2) is 0 Å². The van der Waals surface area contributed by atoms with E-state index in [-0.39, 0.29) is 24.4 Å². The molecule has 0 saturated carbocycles. The minimum Gasteiger partial charge on any atom is -0.336 e. The Morgan fingerprint density at radius 3 is 2.31 bits per heavy atom. The number of aromatic nitrogens is 6. The van der Waals surface area contributed by atoms with Crippen LogP contribution in [0.1, 0.15) is 31.3 Å². The lowest BCUT2D eigenvalue weighted by atomic mass is 10.1. The van der Waals surface area contributed by atoms with E-state index in [1.807, 2.05) is 54.6 Å². The van der Waals surface area contributed by atoms with Gasteiger partial charge < -0.3 is 10.3 Å². The molecule has 0 aliphatic carbocycles. The fraction of sp³-hybridized carbons (Fsp3) is 0.250. The molecule has 4 aromatic rings. The molecule has 150 valence electrons. The minimum atomic E-state index is -0.311. The molecule has 0 radical (unpaired) electrons. The fourth-order valence-corrected chi connectivity index (χ4v) is 2.96. The molecule has 2 N–H and O–H groups in total. The van der Waals surface area contributed by atoms with Gasteiger partial charge in [-0.2, -0.15) is 9.78 Å². The van der Waals surface area contributed by atoms with E-state index in [2.05, 4.69) is 39.4 Å². The molecule has 4 rings (SSSR count). The van der Waals surface area contributed by atoms with Crippen molar-refractivity contribution in [2.45, 2.75) is 26.4 Å². The summed E-state index contributed by atoms with van der Waals surface area (Å²) in [6.45, 7) is 4.60. The first kappa shape index (κ1) is 20.6. The maximum atomic E-state index is 5.65. The van der Waals surface area contributed by atoms with E-state index in [0.717, 1.165) is 16.7 Å². The molecule has 0 aliphatic rings. The first-order chi connectivity index (χ1) is 13.7. The van der Waals surface area contributed by atoms with Crippen molar-refractivity contribution in [3.8, 4) is 22.8 Å². The number of nitrogens with two attached hydrogens (primary N) is 1. The van der Waals surface area contributed by atoms with Crippen molar-refractivity contribution in [3.05, 3.63) is 66.1 Å². The summed E-state index contributed by atoms with van der Waals surface area (Å²) in [6, 6.07) is 17.2. The number of benzene rings is 2. The molecular weight excluding hydrogens is 390 g/mol. The highest BCUT2D eigenvalue weighted by molar-refractivity contribution is 5.85. The SMILES string of the molecule is CC(C)C(c1nc(-c2ccc(CN)cc2)no1)n1nnc(-c2ccccc2)n1.Cl. The van der Waals surface area contributed by atoms with Crippen molar-refractivity contribution in [2.75, 3.05) is 0 Å². The maximum absolute atomic E-state index is 5.65. The molecule has 2 aromatic heterocycles.